The number of methoxy groups -OCH3 is 1. The number of aromatic nitrogens is 2. The number of benzene rings is 1. The molecule has 6 nitrogen and oxygen atoms in total. The normalized spacial score (nSPS) is 17.0. The smallest absolute Gasteiger partial charge is 0.328 e. The molecule has 1 saturated heterocycles. The summed E-state index contributed by atoms with van der Waals surface area (Å²) >= 11 is 0. The molecule has 3 rings (SSSR count). The quantitative estimate of drug-likeness (QED) is 0.760. The average Bonchev–Trinajstić information content (AvgIpc) is 3.04. The SMILES string of the molecule is COC(=O)C1CCCCN1C(=O)CCc1ccc(-n2nc(C)cc2C)cc1. The Kier molecular flexibility index (Phi) is 5.94. The Morgan fingerprint density at radius 2 is 1.93 bits per heavy atom. The van der Waals surface area contributed by atoms with Crippen molar-refractivity contribution in [1.82, 2.24) is 14.7 Å². The predicted molar refractivity (Wildman–Crippen MR) is 103 cm³/mol. The van der Waals surface area contributed by atoms with E-state index in [4.69, 9.17) is 4.74 Å². The molecule has 2 heterocycles. The number of carbonyl (C=O) groups excluding carboxylic acids is 2. The summed E-state index contributed by atoms with van der Waals surface area (Å²) in [5.41, 5.74) is 4.19. The highest BCUT2D eigenvalue weighted by atomic mass is 16.5. The highest BCUT2D eigenvalue weighted by molar-refractivity contribution is 5.84. The van der Waals surface area contributed by atoms with Crippen molar-refractivity contribution in [3.05, 3.63) is 47.3 Å². The van der Waals surface area contributed by atoms with E-state index >= 15 is 0 Å². The maximum absolute atomic E-state index is 12.6. The van der Waals surface area contributed by atoms with Crippen LogP contribution in [-0.2, 0) is 20.7 Å². The second-order valence-corrected chi connectivity index (χ2v) is 7.13. The van der Waals surface area contributed by atoms with Gasteiger partial charge in [0.1, 0.15) is 6.04 Å². The molecule has 1 fully saturated rings. The summed E-state index contributed by atoms with van der Waals surface area (Å²) in [7, 11) is 1.38. The third kappa shape index (κ3) is 4.38. The predicted octanol–water partition coefficient (Wildman–Crippen LogP) is 2.98. The fraction of sp³-hybridized carbons (Fsp3) is 0.476. The van der Waals surface area contributed by atoms with Crippen LogP contribution in [-0.4, -0.2) is 46.3 Å². The second-order valence-electron chi connectivity index (χ2n) is 7.13. The molecule has 0 bridgehead atoms. The lowest BCUT2D eigenvalue weighted by atomic mass is 10.0. The molecule has 144 valence electrons. The van der Waals surface area contributed by atoms with Gasteiger partial charge in [0.05, 0.1) is 18.5 Å². The molecule has 0 radical (unpaired) electrons. The molecule has 2 aromatic rings. The van der Waals surface area contributed by atoms with Gasteiger partial charge in [-0.05, 0) is 63.3 Å². The Bertz CT molecular complexity index is 811. The number of esters is 1. The minimum Gasteiger partial charge on any atom is -0.467 e. The van der Waals surface area contributed by atoms with Gasteiger partial charge in [0.2, 0.25) is 5.91 Å². The van der Waals surface area contributed by atoms with E-state index in [2.05, 4.69) is 5.10 Å². The summed E-state index contributed by atoms with van der Waals surface area (Å²) in [6.45, 7) is 4.64. The molecule has 1 aromatic carbocycles. The van der Waals surface area contributed by atoms with Crippen LogP contribution < -0.4 is 0 Å². The van der Waals surface area contributed by atoms with Crippen molar-refractivity contribution in [3.8, 4) is 5.69 Å². The minimum atomic E-state index is -0.426. The Morgan fingerprint density at radius 3 is 2.56 bits per heavy atom. The van der Waals surface area contributed by atoms with E-state index < -0.39 is 6.04 Å². The van der Waals surface area contributed by atoms with Crippen LogP contribution in [0.3, 0.4) is 0 Å². The van der Waals surface area contributed by atoms with E-state index in [9.17, 15) is 9.59 Å². The van der Waals surface area contributed by atoms with Crippen molar-refractivity contribution in [1.29, 1.82) is 0 Å². The fourth-order valence-corrected chi connectivity index (χ4v) is 3.70. The van der Waals surface area contributed by atoms with Gasteiger partial charge in [0, 0.05) is 18.7 Å². The van der Waals surface area contributed by atoms with E-state index in [1.54, 1.807) is 4.90 Å². The van der Waals surface area contributed by atoms with E-state index in [-0.39, 0.29) is 11.9 Å². The number of ether oxygens (including phenoxy) is 1. The molecular formula is C21H27N3O3. The first-order valence-electron chi connectivity index (χ1n) is 9.49. The van der Waals surface area contributed by atoms with Crippen LogP contribution in [0.15, 0.2) is 30.3 Å². The highest BCUT2D eigenvalue weighted by Crippen LogP contribution is 2.20. The summed E-state index contributed by atoms with van der Waals surface area (Å²) in [6, 6.07) is 9.74. The number of hydrogen-bond donors (Lipinski definition) is 0. The summed E-state index contributed by atoms with van der Waals surface area (Å²) in [5, 5.41) is 4.49. The summed E-state index contributed by atoms with van der Waals surface area (Å²) in [4.78, 5) is 26.3. The van der Waals surface area contributed by atoms with Crippen molar-refractivity contribution >= 4 is 11.9 Å². The Balaban J connectivity index is 1.61. The van der Waals surface area contributed by atoms with Crippen LogP contribution in [0.4, 0.5) is 0 Å². The molecule has 1 aliphatic heterocycles. The number of nitrogens with zero attached hydrogens (tertiary/aromatic N) is 3. The van der Waals surface area contributed by atoms with Gasteiger partial charge in [-0.1, -0.05) is 12.1 Å². The molecule has 1 aromatic heterocycles. The first kappa shape index (κ1) is 19.1. The maximum atomic E-state index is 12.6. The first-order chi connectivity index (χ1) is 13.0. The van der Waals surface area contributed by atoms with E-state index in [0.717, 1.165) is 35.5 Å². The highest BCUT2D eigenvalue weighted by Gasteiger charge is 2.32. The number of hydrogen-bond acceptors (Lipinski definition) is 4. The lowest BCUT2D eigenvalue weighted by Gasteiger charge is -2.33. The van der Waals surface area contributed by atoms with Crippen molar-refractivity contribution in [3.63, 3.8) is 0 Å². The van der Waals surface area contributed by atoms with E-state index in [1.165, 1.54) is 7.11 Å². The number of amides is 1. The molecule has 1 unspecified atom stereocenters. The van der Waals surface area contributed by atoms with Crippen LogP contribution in [0, 0.1) is 13.8 Å². The molecule has 1 aliphatic rings. The molecule has 0 spiro atoms. The third-order valence-electron chi connectivity index (χ3n) is 5.11. The zero-order valence-corrected chi connectivity index (χ0v) is 16.3. The third-order valence-corrected chi connectivity index (χ3v) is 5.11. The van der Waals surface area contributed by atoms with Crippen molar-refractivity contribution in [2.24, 2.45) is 0 Å². The maximum Gasteiger partial charge on any atom is 0.328 e. The van der Waals surface area contributed by atoms with Gasteiger partial charge < -0.3 is 9.64 Å². The topological polar surface area (TPSA) is 64.4 Å². The van der Waals surface area contributed by atoms with Crippen LogP contribution in [0.2, 0.25) is 0 Å². The molecule has 6 heteroatoms. The van der Waals surface area contributed by atoms with Gasteiger partial charge in [-0.25, -0.2) is 9.48 Å². The Morgan fingerprint density at radius 1 is 1.19 bits per heavy atom. The van der Waals surface area contributed by atoms with Crippen LogP contribution in [0.25, 0.3) is 5.69 Å². The molecule has 0 N–H and O–H groups in total. The molecule has 0 aliphatic carbocycles. The lowest BCUT2D eigenvalue weighted by molar-refractivity contribution is -0.154. The van der Waals surface area contributed by atoms with E-state index in [1.807, 2.05) is 48.9 Å². The molecule has 1 amide bonds. The Labute approximate surface area is 160 Å². The summed E-state index contributed by atoms with van der Waals surface area (Å²) < 4.78 is 6.77. The standard InChI is InChI=1S/C21H27N3O3/c1-15-14-16(2)24(22-15)18-10-7-17(8-11-18)9-12-20(25)23-13-5-4-6-19(23)21(26)27-3/h7-8,10-11,14,19H,4-6,9,12-13H2,1-3H3. The largest absolute Gasteiger partial charge is 0.467 e. The minimum absolute atomic E-state index is 0.0210. The van der Waals surface area contributed by atoms with Gasteiger partial charge in [-0.3, -0.25) is 4.79 Å². The van der Waals surface area contributed by atoms with Gasteiger partial charge in [0.25, 0.3) is 0 Å². The molecule has 1 atom stereocenters. The van der Waals surface area contributed by atoms with Gasteiger partial charge in [-0.2, -0.15) is 5.10 Å². The Hall–Kier alpha value is -2.63. The second kappa shape index (κ2) is 8.37. The average molecular weight is 369 g/mol. The number of likely N-dealkylation sites (tertiary alicyclic amines) is 1. The summed E-state index contributed by atoms with van der Waals surface area (Å²) in [6.07, 6.45) is 3.64. The van der Waals surface area contributed by atoms with Crippen molar-refractivity contribution < 1.29 is 14.3 Å². The molecule has 0 saturated carbocycles. The van der Waals surface area contributed by atoms with Crippen molar-refractivity contribution in [2.75, 3.05) is 13.7 Å². The van der Waals surface area contributed by atoms with Crippen molar-refractivity contribution in [2.45, 2.75) is 52.0 Å². The van der Waals surface area contributed by atoms with Gasteiger partial charge >= 0.3 is 5.97 Å². The zero-order valence-electron chi connectivity index (χ0n) is 16.3. The molecule has 27 heavy (non-hydrogen) atoms. The van der Waals surface area contributed by atoms with E-state index in [0.29, 0.717) is 25.8 Å². The number of carbonyl (C=O) groups is 2. The van der Waals surface area contributed by atoms with Gasteiger partial charge in [0.15, 0.2) is 0 Å². The lowest BCUT2D eigenvalue weighted by Crippen LogP contribution is -2.48. The number of rotatable bonds is 5. The van der Waals surface area contributed by atoms with Crippen LogP contribution in [0.5, 0.6) is 0 Å². The monoisotopic (exact) mass is 369 g/mol. The first-order valence-corrected chi connectivity index (χ1v) is 9.49. The zero-order chi connectivity index (χ0) is 19.4. The fourth-order valence-electron chi connectivity index (χ4n) is 3.70. The van der Waals surface area contributed by atoms with Crippen LogP contribution >= 0.6 is 0 Å². The van der Waals surface area contributed by atoms with Crippen LogP contribution in [0.1, 0.15) is 42.6 Å². The summed E-state index contributed by atoms with van der Waals surface area (Å²) in [5.74, 6) is -0.287. The number of aryl methyl sites for hydroxylation is 3. The van der Waals surface area contributed by atoms with Gasteiger partial charge in [-0.15, -0.1) is 0 Å². The number of piperidine rings is 1. The molecular weight excluding hydrogens is 342 g/mol.